The minimum Gasteiger partial charge on any atom is -0.355 e. The van der Waals surface area contributed by atoms with Crippen LogP contribution in [0.4, 0.5) is 0 Å². The average Bonchev–Trinajstić information content (AvgIpc) is 3.09. The first-order valence-corrected chi connectivity index (χ1v) is 8.76. The Labute approximate surface area is 166 Å². The van der Waals surface area contributed by atoms with E-state index in [1.165, 1.54) is 22.3 Å². The van der Waals surface area contributed by atoms with E-state index in [4.69, 9.17) is 0 Å². The summed E-state index contributed by atoms with van der Waals surface area (Å²) in [6.45, 7) is 5.76. The maximum atomic E-state index is 4.40. The third-order valence-electron chi connectivity index (χ3n) is 4.80. The normalized spacial score (nSPS) is 16.4. The van der Waals surface area contributed by atoms with Crippen molar-refractivity contribution in [2.75, 3.05) is 26.2 Å². The van der Waals surface area contributed by atoms with Crippen LogP contribution in [0.1, 0.15) is 22.3 Å². The van der Waals surface area contributed by atoms with E-state index in [1.54, 1.807) is 0 Å². The molecule has 132 valence electrons. The minimum atomic E-state index is 0. The molecule has 0 aromatic heterocycles. The molecule has 0 bridgehead atoms. The average molecular weight is 448 g/mol. The van der Waals surface area contributed by atoms with Crippen molar-refractivity contribution in [3.63, 3.8) is 0 Å². The van der Waals surface area contributed by atoms with Crippen LogP contribution >= 0.6 is 24.0 Å². The van der Waals surface area contributed by atoms with Crippen molar-refractivity contribution in [3.8, 4) is 0 Å². The first-order chi connectivity index (χ1) is 11.9. The Morgan fingerprint density at radius 3 is 2.08 bits per heavy atom. The van der Waals surface area contributed by atoms with Crippen molar-refractivity contribution >= 4 is 29.9 Å². The van der Waals surface area contributed by atoms with E-state index in [9.17, 15) is 0 Å². The molecule has 0 fully saturated rings. The summed E-state index contributed by atoms with van der Waals surface area (Å²) < 4.78 is 0. The maximum absolute atomic E-state index is 4.40. The van der Waals surface area contributed by atoms with E-state index in [0.29, 0.717) is 0 Å². The van der Waals surface area contributed by atoms with Crippen molar-refractivity contribution in [3.05, 3.63) is 70.8 Å². The zero-order valence-corrected chi connectivity index (χ0v) is 16.7. The zero-order chi connectivity index (χ0) is 16.2. The molecule has 2 heterocycles. The second-order valence-electron chi connectivity index (χ2n) is 6.51. The molecule has 0 atom stereocenters. The number of benzene rings is 2. The summed E-state index contributed by atoms with van der Waals surface area (Å²) in [6.07, 6.45) is 1.04. The van der Waals surface area contributed by atoms with E-state index < -0.39 is 0 Å². The minimum absolute atomic E-state index is 0. The number of nitrogens with one attached hydrogen (secondary N) is 2. The van der Waals surface area contributed by atoms with E-state index in [1.807, 2.05) is 0 Å². The van der Waals surface area contributed by atoms with Crippen LogP contribution in [0, 0.1) is 0 Å². The van der Waals surface area contributed by atoms with Gasteiger partial charge in [-0.1, -0.05) is 48.5 Å². The van der Waals surface area contributed by atoms with Gasteiger partial charge in [-0.15, -0.1) is 24.0 Å². The van der Waals surface area contributed by atoms with Crippen molar-refractivity contribution in [2.24, 2.45) is 4.99 Å². The Hall–Kier alpha value is -1.60. The lowest BCUT2D eigenvalue weighted by Gasteiger charge is -2.28. The van der Waals surface area contributed by atoms with Gasteiger partial charge in [-0.2, -0.15) is 0 Å². The topological polar surface area (TPSA) is 39.7 Å². The lowest BCUT2D eigenvalue weighted by Crippen LogP contribution is -2.39. The number of hydrogen-bond acceptors (Lipinski definition) is 4. The summed E-state index contributed by atoms with van der Waals surface area (Å²) in [5.41, 5.74) is 5.79. The van der Waals surface area contributed by atoms with Gasteiger partial charge in [0.15, 0.2) is 5.96 Å². The van der Waals surface area contributed by atoms with Crippen LogP contribution in [0.2, 0.25) is 0 Å². The second kappa shape index (κ2) is 8.67. The van der Waals surface area contributed by atoms with Crippen molar-refractivity contribution in [1.82, 2.24) is 15.5 Å². The van der Waals surface area contributed by atoms with E-state index >= 15 is 0 Å². The van der Waals surface area contributed by atoms with Crippen LogP contribution in [-0.4, -0.2) is 37.0 Å². The highest BCUT2D eigenvalue weighted by atomic mass is 127. The Balaban J connectivity index is 0.00000182. The van der Waals surface area contributed by atoms with Gasteiger partial charge in [-0.05, 0) is 28.7 Å². The standard InChI is InChI=1S/C20H24N4.HI/c1-3-7-18-14-24(12-11-23-20-21-9-10-22-20)15-19-8-4-2-6-17(19)13-16(18)5-1;/h1-8H,9-15H2,(H2,21,22,23);1H. The van der Waals surface area contributed by atoms with Crippen LogP contribution in [-0.2, 0) is 19.5 Å². The monoisotopic (exact) mass is 448 g/mol. The van der Waals surface area contributed by atoms with Gasteiger partial charge in [-0.3, -0.25) is 9.89 Å². The van der Waals surface area contributed by atoms with Crippen molar-refractivity contribution < 1.29 is 0 Å². The Morgan fingerprint density at radius 2 is 1.52 bits per heavy atom. The third kappa shape index (κ3) is 4.52. The molecule has 0 unspecified atom stereocenters. The Kier molecular flexibility index (Phi) is 6.31. The first kappa shape index (κ1) is 18.2. The highest BCUT2D eigenvalue weighted by Crippen LogP contribution is 2.23. The fourth-order valence-electron chi connectivity index (χ4n) is 3.52. The van der Waals surface area contributed by atoms with Crippen molar-refractivity contribution in [2.45, 2.75) is 19.5 Å². The fourth-order valence-corrected chi connectivity index (χ4v) is 3.52. The zero-order valence-electron chi connectivity index (χ0n) is 14.4. The number of hydrogen-bond donors (Lipinski definition) is 2. The van der Waals surface area contributed by atoms with E-state index in [-0.39, 0.29) is 24.0 Å². The van der Waals surface area contributed by atoms with Gasteiger partial charge in [0.2, 0.25) is 0 Å². The predicted octanol–water partition coefficient (Wildman–Crippen LogP) is 2.76. The van der Waals surface area contributed by atoms with E-state index in [0.717, 1.165) is 51.6 Å². The van der Waals surface area contributed by atoms with E-state index in [2.05, 4.69) is 69.1 Å². The number of rotatable bonds is 3. The molecule has 4 nitrogen and oxygen atoms in total. The molecule has 0 saturated carbocycles. The van der Waals surface area contributed by atoms with Crippen molar-refractivity contribution in [1.29, 1.82) is 0 Å². The molecule has 0 radical (unpaired) electrons. The van der Waals surface area contributed by atoms with Crippen LogP contribution in [0.5, 0.6) is 0 Å². The van der Waals surface area contributed by atoms with Crippen LogP contribution in [0.15, 0.2) is 53.5 Å². The highest BCUT2D eigenvalue weighted by molar-refractivity contribution is 14.0. The van der Waals surface area contributed by atoms with Crippen LogP contribution < -0.4 is 10.6 Å². The molecule has 0 saturated heterocycles. The fraction of sp³-hybridized carbons (Fsp3) is 0.350. The molecule has 2 aliphatic rings. The quantitative estimate of drug-likeness (QED) is 0.710. The molecule has 0 aliphatic carbocycles. The largest absolute Gasteiger partial charge is 0.355 e. The molecule has 0 spiro atoms. The second-order valence-corrected chi connectivity index (χ2v) is 6.51. The first-order valence-electron chi connectivity index (χ1n) is 8.76. The van der Waals surface area contributed by atoms with Gasteiger partial charge >= 0.3 is 0 Å². The van der Waals surface area contributed by atoms with Crippen LogP contribution in [0.3, 0.4) is 0 Å². The molecular weight excluding hydrogens is 423 g/mol. The smallest absolute Gasteiger partial charge is 0.191 e. The molecule has 25 heavy (non-hydrogen) atoms. The predicted molar refractivity (Wildman–Crippen MR) is 114 cm³/mol. The summed E-state index contributed by atoms with van der Waals surface area (Å²) in [6, 6.07) is 17.7. The maximum Gasteiger partial charge on any atom is 0.191 e. The summed E-state index contributed by atoms with van der Waals surface area (Å²) in [4.78, 5) is 6.93. The molecule has 2 N–H and O–H groups in total. The number of halogens is 1. The number of nitrogens with zero attached hydrogens (tertiary/aromatic N) is 2. The Morgan fingerprint density at radius 1 is 0.920 bits per heavy atom. The molecule has 4 rings (SSSR count). The molecule has 5 heteroatoms. The Bertz CT molecular complexity index is 696. The molecule has 2 aromatic rings. The summed E-state index contributed by atoms with van der Waals surface area (Å²) in [5, 5.41) is 6.68. The highest BCUT2D eigenvalue weighted by Gasteiger charge is 2.16. The lowest BCUT2D eigenvalue weighted by atomic mass is 9.94. The van der Waals surface area contributed by atoms with Gasteiger partial charge in [0.1, 0.15) is 0 Å². The molecule has 2 aliphatic heterocycles. The number of guanidine groups is 1. The van der Waals surface area contributed by atoms with Gasteiger partial charge in [0.05, 0.1) is 6.54 Å². The molecule has 0 amide bonds. The number of aliphatic imine (C=N–C) groups is 1. The lowest BCUT2D eigenvalue weighted by molar-refractivity contribution is 0.258. The SMILES string of the molecule is I.c1ccc2c(c1)Cc1ccccc1CN(CCNC1=NCCN1)C2. The summed E-state index contributed by atoms with van der Waals surface area (Å²) in [7, 11) is 0. The number of fused-ring (bicyclic) bond motifs is 2. The van der Waals surface area contributed by atoms with Gasteiger partial charge in [-0.25, -0.2) is 0 Å². The molecular formula is C20H25IN4. The third-order valence-corrected chi connectivity index (χ3v) is 4.80. The summed E-state index contributed by atoms with van der Waals surface area (Å²) >= 11 is 0. The molecule has 2 aromatic carbocycles. The van der Waals surface area contributed by atoms with Gasteiger partial charge in [0, 0.05) is 32.7 Å². The summed E-state index contributed by atoms with van der Waals surface area (Å²) in [5.74, 6) is 0.947. The van der Waals surface area contributed by atoms with Gasteiger partial charge < -0.3 is 10.6 Å². The van der Waals surface area contributed by atoms with Gasteiger partial charge in [0.25, 0.3) is 0 Å². The van der Waals surface area contributed by atoms with Crippen LogP contribution in [0.25, 0.3) is 0 Å².